The Morgan fingerprint density at radius 2 is 1.85 bits per heavy atom. The molecule has 1 aliphatic rings. The summed E-state index contributed by atoms with van der Waals surface area (Å²) >= 11 is 0. The van der Waals surface area contributed by atoms with E-state index in [1.54, 1.807) is 6.20 Å². The van der Waals surface area contributed by atoms with Crippen LogP contribution < -0.4 is 21.3 Å². The van der Waals surface area contributed by atoms with Crippen molar-refractivity contribution in [3.63, 3.8) is 0 Å². The van der Waals surface area contributed by atoms with Gasteiger partial charge in [0, 0.05) is 54.5 Å². The maximum atomic E-state index is 11.5. The highest BCUT2D eigenvalue weighted by atomic mass is 16.3. The first-order valence-corrected chi connectivity index (χ1v) is 11.3. The molecule has 3 aromatic rings. The Morgan fingerprint density at radius 3 is 2.55 bits per heavy atom. The standard InChI is InChI=1S/C26H31N5O2/c1-18-4-2-3-5-19(18)16-28-24-15-26(29-17-20(24)14-25(27)33)30-21-6-8-22(9-7-21)31-12-10-23(32)11-13-31/h2-9,15,17,23,32H,10-14,16H2,1H3,(H2,27,33)(H2,28,29,30). The summed E-state index contributed by atoms with van der Waals surface area (Å²) in [5, 5.41) is 16.5. The minimum absolute atomic E-state index is 0.128. The van der Waals surface area contributed by atoms with Crippen molar-refractivity contribution < 1.29 is 9.90 Å². The van der Waals surface area contributed by atoms with Crippen LogP contribution in [0.5, 0.6) is 0 Å². The van der Waals surface area contributed by atoms with Crippen LogP contribution in [0.2, 0.25) is 0 Å². The Hall–Kier alpha value is -3.58. The number of hydrogen-bond acceptors (Lipinski definition) is 6. The number of aliphatic hydroxyl groups excluding tert-OH is 1. The number of aryl methyl sites for hydroxylation is 1. The zero-order valence-electron chi connectivity index (χ0n) is 18.9. The smallest absolute Gasteiger partial charge is 0.221 e. The van der Waals surface area contributed by atoms with Gasteiger partial charge in [-0.05, 0) is 55.2 Å². The van der Waals surface area contributed by atoms with E-state index in [1.165, 1.54) is 11.1 Å². The number of nitrogens with zero attached hydrogens (tertiary/aromatic N) is 2. The van der Waals surface area contributed by atoms with Crippen molar-refractivity contribution in [2.24, 2.45) is 5.73 Å². The minimum Gasteiger partial charge on any atom is -0.393 e. The fourth-order valence-electron chi connectivity index (χ4n) is 4.07. The van der Waals surface area contributed by atoms with Crippen molar-refractivity contribution in [2.45, 2.75) is 38.8 Å². The van der Waals surface area contributed by atoms with Crippen molar-refractivity contribution in [1.29, 1.82) is 0 Å². The molecular formula is C26H31N5O2. The normalized spacial score (nSPS) is 14.2. The molecule has 0 radical (unpaired) electrons. The topological polar surface area (TPSA) is 104 Å². The molecule has 4 rings (SSSR count). The van der Waals surface area contributed by atoms with E-state index < -0.39 is 5.91 Å². The van der Waals surface area contributed by atoms with E-state index in [9.17, 15) is 9.90 Å². The largest absolute Gasteiger partial charge is 0.393 e. The van der Waals surface area contributed by atoms with E-state index in [1.807, 2.05) is 30.3 Å². The van der Waals surface area contributed by atoms with Gasteiger partial charge in [0.15, 0.2) is 0 Å². The van der Waals surface area contributed by atoms with E-state index in [0.29, 0.717) is 12.4 Å². The first-order chi connectivity index (χ1) is 16.0. The van der Waals surface area contributed by atoms with Crippen molar-refractivity contribution in [2.75, 3.05) is 28.6 Å². The Balaban J connectivity index is 1.47. The van der Waals surface area contributed by atoms with Gasteiger partial charge in [0.1, 0.15) is 5.82 Å². The molecule has 0 bridgehead atoms. The number of hydrogen-bond donors (Lipinski definition) is 4. The second-order valence-corrected chi connectivity index (χ2v) is 8.54. The van der Waals surface area contributed by atoms with Gasteiger partial charge in [-0.3, -0.25) is 4.79 Å². The average Bonchev–Trinajstić information content (AvgIpc) is 2.81. The number of benzene rings is 2. The van der Waals surface area contributed by atoms with Gasteiger partial charge in [0.05, 0.1) is 12.5 Å². The molecule has 1 aromatic heterocycles. The highest BCUT2D eigenvalue weighted by Crippen LogP contribution is 2.26. The van der Waals surface area contributed by atoms with Gasteiger partial charge in [0.2, 0.25) is 5.91 Å². The molecule has 2 aromatic carbocycles. The fourth-order valence-corrected chi connectivity index (χ4v) is 4.07. The molecule has 33 heavy (non-hydrogen) atoms. The number of carbonyl (C=O) groups is 1. The number of nitrogens with two attached hydrogens (primary N) is 1. The van der Waals surface area contributed by atoms with Gasteiger partial charge in [-0.25, -0.2) is 4.98 Å². The number of anilines is 4. The number of nitrogens with one attached hydrogen (secondary N) is 2. The van der Waals surface area contributed by atoms with Gasteiger partial charge in [-0.2, -0.15) is 0 Å². The minimum atomic E-state index is -0.391. The van der Waals surface area contributed by atoms with E-state index in [0.717, 1.165) is 48.6 Å². The molecule has 5 N–H and O–H groups in total. The number of carbonyl (C=O) groups excluding carboxylic acids is 1. The maximum absolute atomic E-state index is 11.5. The van der Waals surface area contributed by atoms with Crippen LogP contribution in [0.3, 0.4) is 0 Å². The van der Waals surface area contributed by atoms with Crippen LogP contribution >= 0.6 is 0 Å². The number of aliphatic hydroxyl groups is 1. The molecule has 172 valence electrons. The first kappa shape index (κ1) is 22.6. The molecule has 1 aliphatic heterocycles. The van der Waals surface area contributed by atoms with Gasteiger partial charge in [0.25, 0.3) is 0 Å². The van der Waals surface area contributed by atoms with Crippen LogP contribution in [-0.4, -0.2) is 35.2 Å². The molecule has 2 heterocycles. The molecular weight excluding hydrogens is 414 g/mol. The van der Waals surface area contributed by atoms with Crippen molar-refractivity contribution in [1.82, 2.24) is 4.98 Å². The third-order valence-electron chi connectivity index (χ3n) is 6.05. The van der Waals surface area contributed by atoms with E-state index in [-0.39, 0.29) is 12.5 Å². The zero-order valence-corrected chi connectivity index (χ0v) is 18.9. The Labute approximate surface area is 194 Å². The molecule has 0 atom stereocenters. The summed E-state index contributed by atoms with van der Waals surface area (Å²) in [6, 6.07) is 18.3. The monoisotopic (exact) mass is 445 g/mol. The molecule has 0 spiro atoms. The van der Waals surface area contributed by atoms with Gasteiger partial charge >= 0.3 is 0 Å². The quantitative estimate of drug-likeness (QED) is 0.421. The number of aromatic nitrogens is 1. The highest BCUT2D eigenvalue weighted by Gasteiger charge is 2.17. The van der Waals surface area contributed by atoms with Crippen LogP contribution in [0.1, 0.15) is 29.5 Å². The number of amides is 1. The van der Waals surface area contributed by atoms with Crippen molar-refractivity contribution >= 4 is 28.8 Å². The lowest BCUT2D eigenvalue weighted by Crippen LogP contribution is -2.35. The van der Waals surface area contributed by atoms with Crippen LogP contribution in [0.15, 0.2) is 60.8 Å². The summed E-state index contributed by atoms with van der Waals surface area (Å²) in [5.74, 6) is 0.293. The third kappa shape index (κ3) is 6.02. The SMILES string of the molecule is Cc1ccccc1CNc1cc(Nc2ccc(N3CCC(O)CC3)cc2)ncc1CC(N)=O. The van der Waals surface area contributed by atoms with Crippen LogP contribution in [-0.2, 0) is 17.8 Å². The molecule has 1 saturated heterocycles. The first-order valence-electron chi connectivity index (χ1n) is 11.3. The average molecular weight is 446 g/mol. The molecule has 0 saturated carbocycles. The van der Waals surface area contributed by atoms with Crippen LogP contribution in [0.4, 0.5) is 22.9 Å². The Bertz CT molecular complexity index is 1090. The summed E-state index contributed by atoms with van der Waals surface area (Å²) in [7, 11) is 0. The summed E-state index contributed by atoms with van der Waals surface area (Å²) < 4.78 is 0. The molecule has 7 heteroatoms. The molecule has 0 unspecified atom stereocenters. The number of pyridine rings is 1. The van der Waals surface area contributed by atoms with Crippen LogP contribution in [0.25, 0.3) is 0 Å². The Kier molecular flexibility index (Phi) is 7.10. The number of piperidine rings is 1. The third-order valence-corrected chi connectivity index (χ3v) is 6.05. The van der Waals surface area contributed by atoms with E-state index >= 15 is 0 Å². The van der Waals surface area contributed by atoms with E-state index in [2.05, 4.69) is 51.7 Å². The molecule has 1 amide bonds. The Morgan fingerprint density at radius 1 is 1.12 bits per heavy atom. The maximum Gasteiger partial charge on any atom is 0.221 e. The van der Waals surface area contributed by atoms with Gasteiger partial charge in [-0.1, -0.05) is 24.3 Å². The second-order valence-electron chi connectivity index (χ2n) is 8.54. The lowest BCUT2D eigenvalue weighted by molar-refractivity contribution is -0.117. The fraction of sp³-hybridized carbons (Fsp3) is 0.308. The van der Waals surface area contributed by atoms with Crippen molar-refractivity contribution in [3.05, 3.63) is 77.5 Å². The van der Waals surface area contributed by atoms with Crippen molar-refractivity contribution in [3.8, 4) is 0 Å². The lowest BCUT2D eigenvalue weighted by Gasteiger charge is -2.31. The second kappa shape index (κ2) is 10.4. The summed E-state index contributed by atoms with van der Waals surface area (Å²) in [4.78, 5) is 18.3. The molecule has 1 fully saturated rings. The summed E-state index contributed by atoms with van der Waals surface area (Å²) in [6.07, 6.45) is 3.25. The highest BCUT2D eigenvalue weighted by molar-refractivity contribution is 5.79. The van der Waals surface area contributed by atoms with E-state index in [4.69, 9.17) is 5.73 Å². The molecule has 0 aliphatic carbocycles. The number of primary amides is 1. The number of rotatable bonds is 8. The predicted molar refractivity (Wildman–Crippen MR) is 133 cm³/mol. The van der Waals surface area contributed by atoms with Gasteiger partial charge < -0.3 is 26.4 Å². The lowest BCUT2D eigenvalue weighted by atomic mass is 10.1. The summed E-state index contributed by atoms with van der Waals surface area (Å²) in [5.41, 5.74) is 11.5. The van der Waals surface area contributed by atoms with Crippen LogP contribution in [0, 0.1) is 6.92 Å². The predicted octanol–water partition coefficient (Wildman–Crippen LogP) is 3.73. The summed E-state index contributed by atoms with van der Waals surface area (Å²) in [6.45, 7) is 4.46. The molecule has 7 nitrogen and oxygen atoms in total. The zero-order chi connectivity index (χ0) is 23.2. The van der Waals surface area contributed by atoms with Gasteiger partial charge in [-0.15, -0.1) is 0 Å².